The number of hydrogen-bond acceptors (Lipinski definition) is 3. The SMILES string of the molecule is C1=C2CCc3cccnc3C2=NC(c2ccc(OCCCCCC3CC4CCC3C4)cc2)C1. The lowest BCUT2D eigenvalue weighted by molar-refractivity contribution is 0.284. The minimum atomic E-state index is 0.177. The minimum Gasteiger partial charge on any atom is -0.494 e. The molecule has 2 fully saturated rings. The maximum absolute atomic E-state index is 6.04. The van der Waals surface area contributed by atoms with Crippen LogP contribution in [0.15, 0.2) is 59.2 Å². The van der Waals surface area contributed by atoms with Crippen LogP contribution in [-0.2, 0) is 6.42 Å². The van der Waals surface area contributed by atoms with Crippen LogP contribution in [0.4, 0.5) is 0 Å². The summed E-state index contributed by atoms with van der Waals surface area (Å²) in [5.41, 5.74) is 6.16. The molecular weight excluding hydrogens is 404 g/mol. The van der Waals surface area contributed by atoms with Crippen LogP contribution in [0.5, 0.6) is 5.75 Å². The van der Waals surface area contributed by atoms with Crippen molar-refractivity contribution in [3.8, 4) is 5.75 Å². The van der Waals surface area contributed by atoms with E-state index in [1.165, 1.54) is 61.6 Å². The number of pyridine rings is 1. The van der Waals surface area contributed by atoms with Crippen LogP contribution in [0.2, 0.25) is 0 Å². The molecule has 0 radical (unpaired) electrons. The average Bonchev–Trinajstić information content (AvgIpc) is 3.50. The summed E-state index contributed by atoms with van der Waals surface area (Å²) in [4.78, 5) is 9.77. The van der Waals surface area contributed by atoms with Crippen LogP contribution in [0.25, 0.3) is 0 Å². The molecule has 2 aromatic rings. The Morgan fingerprint density at radius 1 is 0.939 bits per heavy atom. The molecule has 0 amide bonds. The predicted molar refractivity (Wildman–Crippen MR) is 134 cm³/mol. The molecule has 4 unspecified atom stereocenters. The molecule has 4 atom stereocenters. The third-order valence-corrected chi connectivity index (χ3v) is 8.59. The van der Waals surface area contributed by atoms with Crippen LogP contribution in [0.1, 0.15) is 87.1 Å². The Kier molecular flexibility index (Phi) is 6.05. The van der Waals surface area contributed by atoms with Gasteiger partial charge in [0.15, 0.2) is 0 Å². The van der Waals surface area contributed by atoms with Crippen molar-refractivity contribution in [3.05, 3.63) is 71.1 Å². The first-order chi connectivity index (χ1) is 16.3. The summed E-state index contributed by atoms with van der Waals surface area (Å²) in [5.74, 6) is 4.19. The second-order valence-corrected chi connectivity index (χ2v) is 10.7. The minimum absolute atomic E-state index is 0.177. The second-order valence-electron chi connectivity index (χ2n) is 10.7. The number of nitrogens with zero attached hydrogens (tertiary/aromatic N) is 2. The van der Waals surface area contributed by atoms with Gasteiger partial charge in [0.05, 0.1) is 24.1 Å². The summed E-state index contributed by atoms with van der Waals surface area (Å²) in [7, 11) is 0. The molecule has 6 rings (SSSR count). The summed E-state index contributed by atoms with van der Waals surface area (Å²) in [6.07, 6.45) is 18.8. The van der Waals surface area contributed by atoms with Gasteiger partial charge in [-0.05, 0) is 97.6 Å². The van der Waals surface area contributed by atoms with Crippen LogP contribution in [-0.4, -0.2) is 17.3 Å². The van der Waals surface area contributed by atoms with E-state index in [2.05, 4.69) is 41.4 Å². The highest BCUT2D eigenvalue weighted by atomic mass is 16.5. The van der Waals surface area contributed by atoms with Crippen molar-refractivity contribution in [2.24, 2.45) is 22.7 Å². The van der Waals surface area contributed by atoms with Crippen LogP contribution < -0.4 is 4.74 Å². The molecule has 172 valence electrons. The van der Waals surface area contributed by atoms with E-state index in [0.717, 1.165) is 60.8 Å². The first-order valence-electron chi connectivity index (χ1n) is 13.3. The molecule has 3 nitrogen and oxygen atoms in total. The number of unbranched alkanes of at least 4 members (excludes halogenated alkanes) is 2. The largest absolute Gasteiger partial charge is 0.494 e. The maximum atomic E-state index is 6.04. The monoisotopic (exact) mass is 440 g/mol. The topological polar surface area (TPSA) is 34.5 Å². The van der Waals surface area contributed by atoms with E-state index in [1.54, 1.807) is 6.42 Å². The van der Waals surface area contributed by atoms with E-state index in [9.17, 15) is 0 Å². The van der Waals surface area contributed by atoms with E-state index in [1.807, 2.05) is 12.3 Å². The van der Waals surface area contributed by atoms with Crippen molar-refractivity contribution in [1.82, 2.24) is 4.98 Å². The number of aliphatic imine (C=N–C) groups is 1. The molecule has 1 aliphatic heterocycles. The summed E-state index contributed by atoms with van der Waals surface area (Å²) in [5, 5.41) is 0. The lowest BCUT2D eigenvalue weighted by Crippen LogP contribution is -2.20. The fraction of sp³-hybridized carbons (Fsp3) is 0.533. The second kappa shape index (κ2) is 9.44. The molecule has 1 aromatic carbocycles. The van der Waals surface area contributed by atoms with Crippen molar-refractivity contribution in [2.75, 3.05) is 6.61 Å². The van der Waals surface area contributed by atoms with Crippen LogP contribution >= 0.6 is 0 Å². The Balaban J connectivity index is 0.984. The van der Waals surface area contributed by atoms with Gasteiger partial charge in [-0.1, -0.05) is 50.0 Å². The number of aryl methyl sites for hydroxylation is 1. The van der Waals surface area contributed by atoms with Gasteiger partial charge in [0, 0.05) is 6.20 Å². The Bertz CT molecular complexity index is 1040. The highest BCUT2D eigenvalue weighted by molar-refractivity contribution is 6.13. The fourth-order valence-electron chi connectivity index (χ4n) is 6.80. The van der Waals surface area contributed by atoms with Gasteiger partial charge in [0.1, 0.15) is 5.75 Å². The zero-order valence-electron chi connectivity index (χ0n) is 19.7. The van der Waals surface area contributed by atoms with Gasteiger partial charge >= 0.3 is 0 Å². The van der Waals surface area contributed by atoms with Gasteiger partial charge in [-0.25, -0.2) is 0 Å². The molecule has 2 heterocycles. The molecule has 2 bridgehead atoms. The lowest BCUT2D eigenvalue weighted by Gasteiger charge is -2.26. The van der Waals surface area contributed by atoms with Crippen molar-refractivity contribution in [3.63, 3.8) is 0 Å². The molecule has 0 N–H and O–H groups in total. The van der Waals surface area contributed by atoms with E-state index < -0.39 is 0 Å². The smallest absolute Gasteiger partial charge is 0.119 e. The molecule has 3 heteroatoms. The van der Waals surface area contributed by atoms with Gasteiger partial charge < -0.3 is 4.74 Å². The Hall–Kier alpha value is -2.42. The summed E-state index contributed by atoms with van der Waals surface area (Å²) < 4.78 is 6.04. The average molecular weight is 441 g/mol. The number of hydrogen-bond donors (Lipinski definition) is 0. The van der Waals surface area contributed by atoms with Crippen LogP contribution in [0, 0.1) is 17.8 Å². The number of allylic oxidation sites excluding steroid dienone is 1. The summed E-state index contributed by atoms with van der Waals surface area (Å²) >= 11 is 0. The number of rotatable bonds is 8. The fourth-order valence-corrected chi connectivity index (χ4v) is 6.80. The van der Waals surface area contributed by atoms with Crippen molar-refractivity contribution < 1.29 is 4.74 Å². The zero-order chi connectivity index (χ0) is 22.0. The number of fused-ring (bicyclic) bond motifs is 5. The molecule has 3 aliphatic carbocycles. The van der Waals surface area contributed by atoms with E-state index in [-0.39, 0.29) is 6.04 Å². The van der Waals surface area contributed by atoms with Gasteiger partial charge in [0.2, 0.25) is 0 Å². The first-order valence-corrected chi connectivity index (χ1v) is 13.3. The van der Waals surface area contributed by atoms with Crippen LogP contribution in [0.3, 0.4) is 0 Å². The number of aromatic nitrogens is 1. The van der Waals surface area contributed by atoms with E-state index in [4.69, 9.17) is 9.73 Å². The first kappa shape index (κ1) is 21.1. The molecular formula is C30H36N2O. The lowest BCUT2D eigenvalue weighted by atomic mass is 9.85. The molecule has 33 heavy (non-hydrogen) atoms. The highest BCUT2D eigenvalue weighted by Gasteiger charge is 2.38. The predicted octanol–water partition coefficient (Wildman–Crippen LogP) is 7.26. The van der Waals surface area contributed by atoms with Gasteiger partial charge in [-0.15, -0.1) is 0 Å². The zero-order valence-corrected chi connectivity index (χ0v) is 19.7. The van der Waals surface area contributed by atoms with E-state index >= 15 is 0 Å². The standard InChI is InChI=1S/C30H36N2O/c1(2-5-25-19-21-7-8-26(25)20-21)3-18-33-27-14-11-22(12-15-27)28-16-13-24-10-9-23-6-4-17-31-29(23)30(24)32-28/h4,6,11-15,17,21,25-26,28H,1-3,5,7-10,16,18-20H2. The number of benzene rings is 1. The Morgan fingerprint density at radius 2 is 1.88 bits per heavy atom. The van der Waals surface area contributed by atoms with E-state index in [0.29, 0.717) is 0 Å². The molecule has 2 saturated carbocycles. The molecule has 0 saturated heterocycles. The third-order valence-electron chi connectivity index (χ3n) is 8.59. The summed E-state index contributed by atoms with van der Waals surface area (Å²) in [6, 6.07) is 13.0. The Morgan fingerprint density at radius 3 is 2.73 bits per heavy atom. The summed E-state index contributed by atoms with van der Waals surface area (Å²) in [6.45, 7) is 0.830. The van der Waals surface area contributed by atoms with Crippen molar-refractivity contribution in [1.29, 1.82) is 0 Å². The molecule has 4 aliphatic rings. The number of ether oxygens (including phenoxy) is 1. The van der Waals surface area contributed by atoms with Crippen molar-refractivity contribution in [2.45, 2.75) is 76.7 Å². The molecule has 1 aromatic heterocycles. The third kappa shape index (κ3) is 4.52. The van der Waals surface area contributed by atoms with Gasteiger partial charge in [-0.2, -0.15) is 0 Å². The van der Waals surface area contributed by atoms with Crippen molar-refractivity contribution >= 4 is 5.71 Å². The maximum Gasteiger partial charge on any atom is 0.119 e. The quantitative estimate of drug-likeness (QED) is 0.405. The Labute approximate surface area is 198 Å². The highest BCUT2D eigenvalue weighted by Crippen LogP contribution is 2.50. The number of dihydropyridines is 1. The normalized spacial score (nSPS) is 27.5. The van der Waals surface area contributed by atoms with Gasteiger partial charge in [-0.3, -0.25) is 9.98 Å². The molecule has 0 spiro atoms. The van der Waals surface area contributed by atoms with Gasteiger partial charge in [0.25, 0.3) is 0 Å².